The van der Waals surface area contributed by atoms with E-state index < -0.39 is 0 Å². The lowest BCUT2D eigenvalue weighted by atomic mass is 10.2. The van der Waals surface area contributed by atoms with Gasteiger partial charge in [0.05, 0.1) is 17.1 Å². The number of aromatic nitrogens is 2. The van der Waals surface area contributed by atoms with Crippen LogP contribution in [0.4, 0.5) is 0 Å². The van der Waals surface area contributed by atoms with Gasteiger partial charge in [0.1, 0.15) is 0 Å². The van der Waals surface area contributed by atoms with Crippen molar-refractivity contribution in [3.05, 3.63) is 34.7 Å². The number of imidazole rings is 1. The fourth-order valence-corrected chi connectivity index (χ4v) is 2.53. The molecule has 1 aromatic heterocycles. The zero-order chi connectivity index (χ0) is 11.1. The van der Waals surface area contributed by atoms with Crippen LogP contribution >= 0.6 is 0 Å². The summed E-state index contributed by atoms with van der Waals surface area (Å²) in [5.74, 6) is 0. The summed E-state index contributed by atoms with van der Waals surface area (Å²) < 4.78 is 3.66. The van der Waals surface area contributed by atoms with Gasteiger partial charge in [-0.1, -0.05) is 12.1 Å². The Bertz CT molecular complexity index is 575. The van der Waals surface area contributed by atoms with E-state index in [4.69, 9.17) is 0 Å². The third kappa shape index (κ3) is 1.23. The van der Waals surface area contributed by atoms with E-state index in [1.807, 2.05) is 35.9 Å². The van der Waals surface area contributed by atoms with Crippen molar-refractivity contribution in [3.63, 3.8) is 0 Å². The highest BCUT2D eigenvalue weighted by Gasteiger charge is 2.21. The standard InChI is InChI=1S/C12H15N3O/c1-14-10-4-2-3-5-11(10)15(12(14)16)9-6-7-13-8-9/h2-5,9,13H,6-8H2,1H3/t9-/m0/s1. The second kappa shape index (κ2) is 3.49. The molecular weight excluding hydrogens is 202 g/mol. The Hall–Kier alpha value is -1.55. The van der Waals surface area contributed by atoms with Gasteiger partial charge in [0.25, 0.3) is 0 Å². The Morgan fingerprint density at radius 2 is 2.06 bits per heavy atom. The molecule has 3 rings (SSSR count). The molecule has 0 unspecified atom stereocenters. The fraction of sp³-hybridized carbons (Fsp3) is 0.417. The molecule has 1 saturated heterocycles. The van der Waals surface area contributed by atoms with Gasteiger partial charge in [-0.25, -0.2) is 4.79 Å². The summed E-state index contributed by atoms with van der Waals surface area (Å²) in [7, 11) is 1.84. The van der Waals surface area contributed by atoms with Gasteiger partial charge in [-0.05, 0) is 25.1 Å². The Morgan fingerprint density at radius 1 is 1.31 bits per heavy atom. The van der Waals surface area contributed by atoms with Crippen LogP contribution in [-0.4, -0.2) is 22.2 Å². The minimum atomic E-state index is 0.0925. The lowest BCUT2D eigenvalue weighted by molar-refractivity contribution is 0.535. The Morgan fingerprint density at radius 3 is 2.75 bits per heavy atom. The molecule has 0 spiro atoms. The molecule has 1 aromatic carbocycles. The number of fused-ring (bicyclic) bond motifs is 1. The Kier molecular flexibility index (Phi) is 2.11. The van der Waals surface area contributed by atoms with Gasteiger partial charge < -0.3 is 5.32 Å². The van der Waals surface area contributed by atoms with Gasteiger partial charge in [-0.15, -0.1) is 0 Å². The monoisotopic (exact) mass is 217 g/mol. The van der Waals surface area contributed by atoms with Gasteiger partial charge >= 0.3 is 5.69 Å². The lowest BCUT2D eigenvalue weighted by Gasteiger charge is -2.09. The van der Waals surface area contributed by atoms with E-state index in [-0.39, 0.29) is 5.69 Å². The smallest absolute Gasteiger partial charge is 0.315 e. The van der Waals surface area contributed by atoms with E-state index in [0.29, 0.717) is 6.04 Å². The SMILES string of the molecule is Cn1c(=O)n([C@H]2CCNC2)c2ccccc21. The van der Waals surface area contributed by atoms with E-state index in [0.717, 1.165) is 30.5 Å². The molecule has 1 aliphatic rings. The molecule has 1 atom stereocenters. The van der Waals surface area contributed by atoms with Crippen LogP contribution in [0.2, 0.25) is 0 Å². The molecule has 1 aliphatic heterocycles. The van der Waals surface area contributed by atoms with E-state index in [2.05, 4.69) is 5.32 Å². The molecule has 2 aromatic rings. The van der Waals surface area contributed by atoms with Crippen molar-refractivity contribution in [3.8, 4) is 0 Å². The van der Waals surface area contributed by atoms with Crippen LogP contribution in [0, 0.1) is 0 Å². The number of aryl methyl sites for hydroxylation is 1. The van der Waals surface area contributed by atoms with Crippen molar-refractivity contribution in [2.45, 2.75) is 12.5 Å². The highest BCUT2D eigenvalue weighted by molar-refractivity contribution is 5.76. The number of nitrogens with zero attached hydrogens (tertiary/aromatic N) is 2. The van der Waals surface area contributed by atoms with Crippen molar-refractivity contribution in [1.29, 1.82) is 0 Å². The van der Waals surface area contributed by atoms with E-state index in [9.17, 15) is 4.79 Å². The van der Waals surface area contributed by atoms with Crippen LogP contribution in [0.3, 0.4) is 0 Å². The van der Waals surface area contributed by atoms with Crippen molar-refractivity contribution in [2.75, 3.05) is 13.1 Å². The first-order chi connectivity index (χ1) is 7.79. The first-order valence-corrected chi connectivity index (χ1v) is 5.65. The highest BCUT2D eigenvalue weighted by atomic mass is 16.1. The lowest BCUT2D eigenvalue weighted by Crippen LogP contribution is -2.27. The van der Waals surface area contributed by atoms with Crippen LogP contribution in [0.1, 0.15) is 12.5 Å². The highest BCUT2D eigenvalue weighted by Crippen LogP contribution is 2.20. The summed E-state index contributed by atoms with van der Waals surface area (Å²) >= 11 is 0. The molecule has 2 heterocycles. The third-order valence-electron chi connectivity index (χ3n) is 3.40. The molecule has 0 radical (unpaired) electrons. The van der Waals surface area contributed by atoms with Crippen molar-refractivity contribution in [2.24, 2.45) is 7.05 Å². The molecular formula is C12H15N3O. The molecule has 1 fully saturated rings. The number of para-hydroxylation sites is 2. The maximum atomic E-state index is 12.2. The maximum absolute atomic E-state index is 12.2. The molecule has 0 bridgehead atoms. The molecule has 4 nitrogen and oxygen atoms in total. The Balaban J connectivity index is 2.30. The molecule has 16 heavy (non-hydrogen) atoms. The van der Waals surface area contributed by atoms with E-state index in [1.165, 1.54) is 0 Å². The van der Waals surface area contributed by atoms with Crippen molar-refractivity contribution < 1.29 is 0 Å². The summed E-state index contributed by atoms with van der Waals surface area (Å²) in [4.78, 5) is 12.2. The number of nitrogens with one attached hydrogen (secondary N) is 1. The quantitative estimate of drug-likeness (QED) is 0.770. The largest absolute Gasteiger partial charge is 0.329 e. The number of rotatable bonds is 1. The first kappa shape index (κ1) is 9.66. The van der Waals surface area contributed by atoms with Gasteiger partial charge in [-0.2, -0.15) is 0 Å². The number of hydrogen-bond donors (Lipinski definition) is 1. The predicted octanol–water partition coefficient (Wildman–Crippen LogP) is 0.874. The first-order valence-electron chi connectivity index (χ1n) is 5.65. The van der Waals surface area contributed by atoms with Crippen LogP contribution in [0.5, 0.6) is 0 Å². The minimum Gasteiger partial charge on any atom is -0.315 e. The number of benzene rings is 1. The summed E-state index contributed by atoms with van der Waals surface area (Å²) in [6, 6.07) is 8.28. The average Bonchev–Trinajstić information content (AvgIpc) is 2.89. The summed E-state index contributed by atoms with van der Waals surface area (Å²) in [6.45, 7) is 1.90. The second-order valence-corrected chi connectivity index (χ2v) is 4.35. The zero-order valence-corrected chi connectivity index (χ0v) is 9.31. The minimum absolute atomic E-state index is 0.0925. The van der Waals surface area contributed by atoms with Gasteiger partial charge in [0.2, 0.25) is 0 Å². The third-order valence-corrected chi connectivity index (χ3v) is 3.40. The number of hydrogen-bond acceptors (Lipinski definition) is 2. The van der Waals surface area contributed by atoms with Gasteiger partial charge in [-0.3, -0.25) is 9.13 Å². The molecule has 1 N–H and O–H groups in total. The zero-order valence-electron chi connectivity index (χ0n) is 9.31. The Labute approximate surface area is 93.5 Å². The van der Waals surface area contributed by atoms with Crippen LogP contribution in [0.15, 0.2) is 29.1 Å². The molecule has 0 aliphatic carbocycles. The topological polar surface area (TPSA) is 39.0 Å². The van der Waals surface area contributed by atoms with Crippen LogP contribution < -0.4 is 11.0 Å². The molecule has 84 valence electrons. The maximum Gasteiger partial charge on any atom is 0.329 e. The molecule has 0 saturated carbocycles. The van der Waals surface area contributed by atoms with Crippen molar-refractivity contribution in [1.82, 2.24) is 14.5 Å². The van der Waals surface area contributed by atoms with Gasteiger partial charge in [0.15, 0.2) is 0 Å². The summed E-state index contributed by atoms with van der Waals surface area (Å²) in [6.07, 6.45) is 1.04. The second-order valence-electron chi connectivity index (χ2n) is 4.35. The summed E-state index contributed by atoms with van der Waals surface area (Å²) in [5, 5.41) is 3.30. The van der Waals surface area contributed by atoms with E-state index >= 15 is 0 Å². The summed E-state index contributed by atoms with van der Waals surface area (Å²) in [5.41, 5.74) is 2.15. The predicted molar refractivity (Wildman–Crippen MR) is 63.7 cm³/mol. The van der Waals surface area contributed by atoms with Crippen molar-refractivity contribution >= 4 is 11.0 Å². The van der Waals surface area contributed by atoms with Gasteiger partial charge in [0, 0.05) is 13.6 Å². The van der Waals surface area contributed by atoms with Crippen LogP contribution in [0.25, 0.3) is 11.0 Å². The average molecular weight is 217 g/mol. The normalized spacial score (nSPS) is 20.7. The van der Waals surface area contributed by atoms with E-state index in [1.54, 1.807) is 4.57 Å². The molecule has 0 amide bonds. The van der Waals surface area contributed by atoms with Crippen LogP contribution in [-0.2, 0) is 7.05 Å². The molecule has 4 heteroatoms. The fourth-order valence-electron chi connectivity index (χ4n) is 2.53.